The zero-order valence-corrected chi connectivity index (χ0v) is 11.6. The Kier molecular flexibility index (Phi) is 4.32. The van der Waals surface area contributed by atoms with Crippen molar-refractivity contribution in [2.75, 3.05) is 6.54 Å². The minimum atomic E-state index is -0.971. The van der Waals surface area contributed by atoms with E-state index in [2.05, 4.69) is 0 Å². The van der Waals surface area contributed by atoms with E-state index in [4.69, 9.17) is 28.3 Å². The highest BCUT2D eigenvalue weighted by Crippen LogP contribution is 2.24. The maximum Gasteiger partial charge on any atom is 0.326 e. The highest BCUT2D eigenvalue weighted by molar-refractivity contribution is 6.35. The standard InChI is InChI=1S/C13H13Cl2NO3/c14-9-5-8(6-10(15)7-9)12(17)16-4-2-1-3-11(16)13(18)19/h5-7,11H,1-4H2,(H,18,19)/t11-/m1/s1. The van der Waals surface area contributed by atoms with E-state index in [1.807, 2.05) is 0 Å². The van der Waals surface area contributed by atoms with Crippen molar-refractivity contribution in [3.8, 4) is 0 Å². The number of nitrogens with zero attached hydrogens (tertiary/aromatic N) is 1. The number of halogens is 2. The number of hydrogen-bond donors (Lipinski definition) is 1. The van der Waals surface area contributed by atoms with Crippen LogP contribution in [0.25, 0.3) is 0 Å². The van der Waals surface area contributed by atoms with Crippen LogP contribution in [0, 0.1) is 0 Å². The number of likely N-dealkylation sites (tertiary alicyclic amines) is 1. The van der Waals surface area contributed by atoms with Crippen LogP contribution >= 0.6 is 23.2 Å². The normalized spacial score (nSPS) is 19.3. The molecule has 2 rings (SSSR count). The Balaban J connectivity index is 2.28. The molecule has 1 heterocycles. The number of carboxylic acid groups (broad SMARTS) is 1. The highest BCUT2D eigenvalue weighted by atomic mass is 35.5. The summed E-state index contributed by atoms with van der Waals surface area (Å²) in [4.78, 5) is 24.9. The minimum absolute atomic E-state index is 0.325. The van der Waals surface area contributed by atoms with Crippen LogP contribution in [0.3, 0.4) is 0 Å². The molecule has 0 spiro atoms. The van der Waals surface area contributed by atoms with Gasteiger partial charge in [0.1, 0.15) is 6.04 Å². The Morgan fingerprint density at radius 3 is 2.37 bits per heavy atom. The molecule has 1 amide bonds. The maximum atomic E-state index is 12.4. The Labute approximate surface area is 120 Å². The molecule has 1 aromatic carbocycles. The molecule has 1 fully saturated rings. The zero-order valence-electron chi connectivity index (χ0n) is 10.1. The van der Waals surface area contributed by atoms with E-state index in [1.165, 1.54) is 23.1 Å². The van der Waals surface area contributed by atoms with Crippen LogP contribution in [-0.2, 0) is 4.79 Å². The summed E-state index contributed by atoms with van der Waals surface area (Å²) >= 11 is 11.7. The molecule has 1 aliphatic rings. The van der Waals surface area contributed by atoms with E-state index in [0.717, 1.165) is 12.8 Å². The van der Waals surface area contributed by atoms with Crippen molar-refractivity contribution in [1.29, 1.82) is 0 Å². The summed E-state index contributed by atoms with van der Waals surface area (Å²) in [5.74, 6) is -1.31. The molecule has 0 aromatic heterocycles. The number of carbonyl (C=O) groups excluding carboxylic acids is 1. The van der Waals surface area contributed by atoms with Gasteiger partial charge in [-0.15, -0.1) is 0 Å². The Morgan fingerprint density at radius 2 is 1.79 bits per heavy atom. The van der Waals surface area contributed by atoms with E-state index in [0.29, 0.717) is 28.6 Å². The highest BCUT2D eigenvalue weighted by Gasteiger charge is 2.32. The molecule has 0 radical (unpaired) electrons. The maximum absolute atomic E-state index is 12.4. The SMILES string of the molecule is O=C(O)[C@H]1CCCCN1C(=O)c1cc(Cl)cc(Cl)c1. The fraction of sp³-hybridized carbons (Fsp3) is 0.385. The second-order valence-corrected chi connectivity index (χ2v) is 5.38. The molecule has 1 aromatic rings. The number of carboxylic acids is 1. The summed E-state index contributed by atoms with van der Waals surface area (Å²) in [6, 6.07) is 3.77. The first-order valence-corrected chi connectivity index (χ1v) is 6.74. The molecule has 6 heteroatoms. The van der Waals surface area contributed by atoms with Crippen LogP contribution < -0.4 is 0 Å². The van der Waals surface area contributed by atoms with Gasteiger partial charge in [0.15, 0.2) is 0 Å². The van der Waals surface area contributed by atoms with Crippen molar-refractivity contribution < 1.29 is 14.7 Å². The summed E-state index contributed by atoms with van der Waals surface area (Å²) in [7, 11) is 0. The van der Waals surface area contributed by atoms with Crippen molar-refractivity contribution in [2.24, 2.45) is 0 Å². The Hall–Kier alpha value is -1.26. The van der Waals surface area contributed by atoms with E-state index in [-0.39, 0.29) is 5.91 Å². The lowest BCUT2D eigenvalue weighted by atomic mass is 10.0. The topological polar surface area (TPSA) is 57.6 Å². The lowest BCUT2D eigenvalue weighted by molar-refractivity contribution is -0.143. The van der Waals surface area contributed by atoms with Crippen LogP contribution in [0.5, 0.6) is 0 Å². The van der Waals surface area contributed by atoms with Gasteiger partial charge < -0.3 is 10.0 Å². The molecule has 0 saturated carbocycles. The Morgan fingerprint density at radius 1 is 1.16 bits per heavy atom. The minimum Gasteiger partial charge on any atom is -0.480 e. The van der Waals surface area contributed by atoms with Gasteiger partial charge in [-0.2, -0.15) is 0 Å². The van der Waals surface area contributed by atoms with E-state index in [9.17, 15) is 9.59 Å². The number of hydrogen-bond acceptors (Lipinski definition) is 2. The largest absolute Gasteiger partial charge is 0.480 e. The third-order valence-electron chi connectivity index (χ3n) is 3.16. The van der Waals surface area contributed by atoms with Gasteiger partial charge >= 0.3 is 5.97 Å². The van der Waals surface area contributed by atoms with Gasteiger partial charge in [0.25, 0.3) is 5.91 Å². The van der Waals surface area contributed by atoms with Crippen molar-refractivity contribution >= 4 is 35.1 Å². The quantitative estimate of drug-likeness (QED) is 0.913. The average molecular weight is 302 g/mol. The predicted octanol–water partition coefficient (Wildman–Crippen LogP) is 3.07. The zero-order chi connectivity index (χ0) is 14.0. The summed E-state index contributed by atoms with van der Waals surface area (Å²) in [5, 5.41) is 9.89. The number of piperidine rings is 1. The van der Waals surface area contributed by atoms with E-state index >= 15 is 0 Å². The smallest absolute Gasteiger partial charge is 0.326 e. The Bertz CT molecular complexity index is 498. The van der Waals surface area contributed by atoms with Crippen LogP contribution in [-0.4, -0.2) is 34.5 Å². The van der Waals surface area contributed by atoms with Crippen LogP contribution in [0.2, 0.25) is 10.0 Å². The van der Waals surface area contributed by atoms with E-state index in [1.54, 1.807) is 0 Å². The summed E-state index contributed by atoms with van der Waals surface area (Å²) in [6.07, 6.45) is 2.11. The van der Waals surface area contributed by atoms with Gasteiger partial charge in [-0.25, -0.2) is 4.79 Å². The van der Waals surface area contributed by atoms with Gasteiger partial charge in [0.05, 0.1) is 0 Å². The summed E-state index contributed by atoms with van der Waals surface area (Å²) in [5.41, 5.74) is 0.325. The third-order valence-corrected chi connectivity index (χ3v) is 3.59. The van der Waals surface area contributed by atoms with Crippen molar-refractivity contribution in [3.05, 3.63) is 33.8 Å². The number of benzene rings is 1. The van der Waals surface area contributed by atoms with E-state index < -0.39 is 12.0 Å². The monoisotopic (exact) mass is 301 g/mol. The average Bonchev–Trinajstić information content (AvgIpc) is 2.36. The van der Waals surface area contributed by atoms with Gasteiger partial charge in [-0.3, -0.25) is 4.79 Å². The van der Waals surface area contributed by atoms with Gasteiger partial charge in [-0.05, 0) is 37.5 Å². The number of aliphatic carboxylic acids is 1. The molecule has 1 atom stereocenters. The van der Waals surface area contributed by atoms with Crippen molar-refractivity contribution in [2.45, 2.75) is 25.3 Å². The molecular formula is C13H13Cl2NO3. The van der Waals surface area contributed by atoms with Gasteiger partial charge in [0.2, 0.25) is 0 Å². The molecule has 4 nitrogen and oxygen atoms in total. The lowest BCUT2D eigenvalue weighted by Gasteiger charge is -2.33. The molecule has 0 unspecified atom stereocenters. The van der Waals surface area contributed by atoms with Gasteiger partial charge in [0, 0.05) is 22.2 Å². The number of rotatable bonds is 2. The predicted molar refractivity (Wildman–Crippen MR) is 72.8 cm³/mol. The molecule has 102 valence electrons. The number of amides is 1. The van der Waals surface area contributed by atoms with Crippen LogP contribution in [0.15, 0.2) is 18.2 Å². The van der Waals surface area contributed by atoms with Crippen LogP contribution in [0.4, 0.5) is 0 Å². The molecule has 0 aliphatic carbocycles. The molecule has 0 bridgehead atoms. The fourth-order valence-corrected chi connectivity index (χ4v) is 2.80. The summed E-state index contributed by atoms with van der Waals surface area (Å²) in [6.45, 7) is 0.444. The second-order valence-electron chi connectivity index (χ2n) is 4.51. The van der Waals surface area contributed by atoms with Crippen molar-refractivity contribution in [3.63, 3.8) is 0 Å². The summed E-state index contributed by atoms with van der Waals surface area (Å²) < 4.78 is 0. The fourth-order valence-electron chi connectivity index (χ4n) is 2.27. The van der Waals surface area contributed by atoms with Gasteiger partial charge in [-0.1, -0.05) is 23.2 Å². The first-order chi connectivity index (χ1) is 8.99. The number of carbonyl (C=O) groups is 2. The molecule has 1 saturated heterocycles. The molecule has 1 aliphatic heterocycles. The lowest BCUT2D eigenvalue weighted by Crippen LogP contribution is -2.47. The molecule has 19 heavy (non-hydrogen) atoms. The molecular weight excluding hydrogens is 289 g/mol. The third kappa shape index (κ3) is 3.19. The molecule has 1 N–H and O–H groups in total. The van der Waals surface area contributed by atoms with Crippen molar-refractivity contribution in [1.82, 2.24) is 4.90 Å². The first-order valence-electron chi connectivity index (χ1n) is 5.99. The second kappa shape index (κ2) is 5.80. The van der Waals surface area contributed by atoms with Crippen LogP contribution in [0.1, 0.15) is 29.6 Å². The first kappa shape index (κ1) is 14.2.